The molecular weight excluding hydrogens is 266 g/mol. The van der Waals surface area contributed by atoms with Gasteiger partial charge in [0.15, 0.2) is 0 Å². The molecule has 6 nitrogen and oxygen atoms in total. The third kappa shape index (κ3) is 2.88. The normalized spacial score (nSPS) is 15.9. The molecule has 1 aliphatic heterocycles. The van der Waals surface area contributed by atoms with Gasteiger partial charge in [-0.3, -0.25) is 0 Å². The van der Waals surface area contributed by atoms with Crippen molar-refractivity contribution in [1.82, 2.24) is 15.0 Å². The zero-order valence-corrected chi connectivity index (χ0v) is 12.0. The highest BCUT2D eigenvalue weighted by Gasteiger charge is 2.20. The molecule has 0 bridgehead atoms. The quantitative estimate of drug-likeness (QED) is 0.851. The van der Waals surface area contributed by atoms with Crippen LogP contribution in [-0.4, -0.2) is 48.3 Å². The summed E-state index contributed by atoms with van der Waals surface area (Å²) in [6, 6.07) is 9.81. The molecule has 1 aromatic carbocycles. The van der Waals surface area contributed by atoms with Gasteiger partial charge in [0.2, 0.25) is 0 Å². The molecule has 1 aliphatic rings. The lowest BCUT2D eigenvalue weighted by Crippen LogP contribution is -2.44. The minimum Gasteiger partial charge on any atom is -0.336 e. The summed E-state index contributed by atoms with van der Waals surface area (Å²) in [5.74, 6) is 1.11. The Kier molecular flexibility index (Phi) is 3.84. The van der Waals surface area contributed by atoms with Gasteiger partial charge in [-0.05, 0) is 23.8 Å². The van der Waals surface area contributed by atoms with Crippen molar-refractivity contribution < 1.29 is 4.52 Å². The Hall–Kier alpha value is -2.39. The van der Waals surface area contributed by atoms with Crippen LogP contribution in [0.3, 0.4) is 0 Å². The molecule has 21 heavy (non-hydrogen) atoms. The van der Waals surface area contributed by atoms with E-state index in [0.29, 0.717) is 18.3 Å². The Morgan fingerprint density at radius 3 is 2.76 bits per heavy atom. The SMILES string of the molecule is CN1CCN(c2noc(-c3ccccc3CC#N)n2)CC1. The second-order valence-corrected chi connectivity index (χ2v) is 5.18. The van der Waals surface area contributed by atoms with Gasteiger partial charge in [0.25, 0.3) is 11.8 Å². The zero-order valence-electron chi connectivity index (χ0n) is 12.0. The van der Waals surface area contributed by atoms with E-state index in [-0.39, 0.29) is 0 Å². The van der Waals surface area contributed by atoms with E-state index >= 15 is 0 Å². The first-order chi connectivity index (χ1) is 10.3. The summed E-state index contributed by atoms with van der Waals surface area (Å²) in [6.45, 7) is 3.79. The maximum Gasteiger partial charge on any atom is 0.266 e. The molecule has 0 N–H and O–H groups in total. The monoisotopic (exact) mass is 283 g/mol. The minimum atomic E-state index is 0.336. The number of piperazine rings is 1. The third-order valence-corrected chi connectivity index (χ3v) is 3.72. The summed E-state index contributed by atoms with van der Waals surface area (Å²) in [5, 5.41) is 13.0. The van der Waals surface area contributed by atoms with E-state index in [2.05, 4.69) is 33.1 Å². The molecule has 2 heterocycles. The number of aromatic nitrogens is 2. The predicted molar refractivity (Wildman–Crippen MR) is 78.8 cm³/mol. The lowest BCUT2D eigenvalue weighted by Gasteiger charge is -2.31. The second kappa shape index (κ2) is 5.94. The van der Waals surface area contributed by atoms with Crippen LogP contribution in [0.25, 0.3) is 11.5 Å². The van der Waals surface area contributed by atoms with Crippen LogP contribution in [0.4, 0.5) is 5.95 Å². The van der Waals surface area contributed by atoms with Crippen LogP contribution in [-0.2, 0) is 6.42 Å². The highest BCUT2D eigenvalue weighted by Crippen LogP contribution is 2.24. The molecule has 0 unspecified atom stereocenters. The van der Waals surface area contributed by atoms with Crippen molar-refractivity contribution in [3.63, 3.8) is 0 Å². The van der Waals surface area contributed by atoms with Crippen LogP contribution in [0.2, 0.25) is 0 Å². The molecule has 0 radical (unpaired) electrons. The summed E-state index contributed by atoms with van der Waals surface area (Å²) in [4.78, 5) is 8.89. The van der Waals surface area contributed by atoms with Gasteiger partial charge in [0.1, 0.15) is 0 Å². The number of likely N-dealkylation sites (N-methyl/N-ethyl adjacent to an activating group) is 1. The van der Waals surface area contributed by atoms with Crippen molar-refractivity contribution in [2.75, 3.05) is 38.1 Å². The number of rotatable bonds is 3. The van der Waals surface area contributed by atoms with Gasteiger partial charge < -0.3 is 14.3 Å². The van der Waals surface area contributed by atoms with Gasteiger partial charge in [-0.25, -0.2) is 0 Å². The Balaban J connectivity index is 1.84. The third-order valence-electron chi connectivity index (χ3n) is 3.72. The number of anilines is 1. The summed E-state index contributed by atoms with van der Waals surface area (Å²) >= 11 is 0. The van der Waals surface area contributed by atoms with Crippen LogP contribution < -0.4 is 4.90 Å². The van der Waals surface area contributed by atoms with Crippen molar-refractivity contribution in [2.45, 2.75) is 6.42 Å². The maximum absolute atomic E-state index is 8.90. The highest BCUT2D eigenvalue weighted by atomic mass is 16.5. The predicted octanol–water partition coefficient (Wildman–Crippen LogP) is 1.55. The minimum absolute atomic E-state index is 0.336. The molecule has 0 atom stereocenters. The lowest BCUT2D eigenvalue weighted by molar-refractivity contribution is 0.309. The summed E-state index contributed by atoms with van der Waals surface area (Å²) in [7, 11) is 2.11. The smallest absolute Gasteiger partial charge is 0.266 e. The van der Waals surface area contributed by atoms with E-state index in [1.807, 2.05) is 24.3 Å². The number of hydrogen-bond acceptors (Lipinski definition) is 6. The molecule has 0 aliphatic carbocycles. The molecule has 0 amide bonds. The van der Waals surface area contributed by atoms with E-state index in [4.69, 9.17) is 9.78 Å². The number of hydrogen-bond donors (Lipinski definition) is 0. The molecule has 1 saturated heterocycles. The average molecular weight is 283 g/mol. The standard InChI is InChI=1S/C15H17N5O/c1-19-8-10-20(11-9-19)15-17-14(21-18-15)13-5-3-2-4-12(13)6-7-16/h2-5H,6,8-11H2,1H3. The van der Waals surface area contributed by atoms with Crippen LogP contribution >= 0.6 is 0 Å². The fraction of sp³-hybridized carbons (Fsp3) is 0.400. The van der Waals surface area contributed by atoms with Gasteiger partial charge in [0, 0.05) is 31.7 Å². The first-order valence-corrected chi connectivity index (χ1v) is 7.00. The lowest BCUT2D eigenvalue weighted by atomic mass is 10.1. The molecule has 6 heteroatoms. The number of nitrogens with zero attached hydrogens (tertiary/aromatic N) is 5. The van der Waals surface area contributed by atoms with Crippen LogP contribution in [0.15, 0.2) is 28.8 Å². The summed E-state index contributed by atoms with van der Waals surface area (Å²) in [6.07, 6.45) is 0.336. The van der Waals surface area contributed by atoms with Gasteiger partial charge in [0.05, 0.1) is 12.5 Å². The van der Waals surface area contributed by atoms with Crippen LogP contribution in [0, 0.1) is 11.3 Å². The molecule has 1 aromatic heterocycles. The number of benzene rings is 1. The summed E-state index contributed by atoms with van der Waals surface area (Å²) in [5.41, 5.74) is 1.75. The van der Waals surface area contributed by atoms with Crippen molar-refractivity contribution in [1.29, 1.82) is 5.26 Å². The highest BCUT2D eigenvalue weighted by molar-refractivity contribution is 5.60. The molecule has 0 saturated carbocycles. The Bertz CT molecular complexity index is 652. The Labute approximate surface area is 123 Å². The molecular formula is C15H17N5O. The first kappa shape index (κ1) is 13.6. The number of nitriles is 1. The van der Waals surface area contributed by atoms with Crippen molar-refractivity contribution in [3.8, 4) is 17.5 Å². The molecule has 0 spiro atoms. The zero-order chi connectivity index (χ0) is 14.7. The van der Waals surface area contributed by atoms with E-state index in [9.17, 15) is 0 Å². The van der Waals surface area contributed by atoms with Crippen molar-refractivity contribution >= 4 is 5.95 Å². The van der Waals surface area contributed by atoms with E-state index < -0.39 is 0 Å². The van der Waals surface area contributed by atoms with Crippen molar-refractivity contribution in [3.05, 3.63) is 29.8 Å². The average Bonchev–Trinajstić information content (AvgIpc) is 2.99. The molecule has 1 fully saturated rings. The van der Waals surface area contributed by atoms with Crippen LogP contribution in [0.1, 0.15) is 5.56 Å². The van der Waals surface area contributed by atoms with Gasteiger partial charge in [-0.15, -0.1) is 0 Å². The second-order valence-electron chi connectivity index (χ2n) is 5.18. The van der Waals surface area contributed by atoms with Gasteiger partial charge in [-0.2, -0.15) is 10.2 Å². The topological polar surface area (TPSA) is 69.2 Å². The summed E-state index contributed by atoms with van der Waals surface area (Å²) < 4.78 is 5.39. The Morgan fingerprint density at radius 2 is 2.00 bits per heavy atom. The largest absolute Gasteiger partial charge is 0.336 e. The molecule has 3 rings (SSSR count). The van der Waals surface area contributed by atoms with Crippen LogP contribution in [0.5, 0.6) is 0 Å². The van der Waals surface area contributed by atoms with Gasteiger partial charge in [-0.1, -0.05) is 18.2 Å². The maximum atomic E-state index is 8.90. The van der Waals surface area contributed by atoms with E-state index in [0.717, 1.165) is 37.3 Å². The van der Waals surface area contributed by atoms with E-state index in [1.165, 1.54) is 0 Å². The Morgan fingerprint density at radius 1 is 1.24 bits per heavy atom. The fourth-order valence-corrected chi connectivity index (χ4v) is 2.43. The molecule has 108 valence electrons. The van der Waals surface area contributed by atoms with E-state index in [1.54, 1.807) is 0 Å². The first-order valence-electron chi connectivity index (χ1n) is 7.00. The van der Waals surface area contributed by atoms with Gasteiger partial charge >= 0.3 is 0 Å². The molecule has 2 aromatic rings. The fourth-order valence-electron chi connectivity index (χ4n) is 2.43. The van der Waals surface area contributed by atoms with Crippen molar-refractivity contribution in [2.24, 2.45) is 0 Å².